The predicted octanol–water partition coefficient (Wildman–Crippen LogP) is 0.669. The molecule has 1 aliphatic rings. The van der Waals surface area contributed by atoms with Crippen LogP contribution < -0.4 is 15.4 Å². The highest BCUT2D eigenvalue weighted by molar-refractivity contribution is 5.98. The van der Waals surface area contributed by atoms with Crippen molar-refractivity contribution in [3.05, 3.63) is 29.8 Å². The van der Waals surface area contributed by atoms with Crippen LogP contribution in [-0.2, 0) is 4.79 Å². The summed E-state index contributed by atoms with van der Waals surface area (Å²) in [6.45, 7) is 5.33. The summed E-state index contributed by atoms with van der Waals surface area (Å²) >= 11 is 0. The van der Waals surface area contributed by atoms with Gasteiger partial charge in [0.15, 0.2) is 0 Å². The summed E-state index contributed by atoms with van der Waals surface area (Å²) < 4.78 is 5.42. The highest BCUT2D eigenvalue weighted by atomic mass is 35.5. The zero-order valence-corrected chi connectivity index (χ0v) is 13.4. The molecule has 6 nitrogen and oxygen atoms in total. The maximum atomic E-state index is 12.2. The standard InChI is InChI=1S/C15H21N3O3.ClH/c1-2-21-13-6-4-3-5-12(13)15(20)17-11-14(19)18-9-7-16-8-10-18;/h3-6,16H,2,7-11H2,1H3,(H,17,20);1H. The first-order chi connectivity index (χ1) is 10.2. The van der Waals surface area contributed by atoms with Crippen LogP contribution in [0.15, 0.2) is 24.3 Å². The molecule has 0 bridgehead atoms. The number of benzene rings is 1. The Kier molecular flexibility index (Phi) is 7.70. The number of ether oxygens (including phenoxy) is 1. The van der Waals surface area contributed by atoms with Crippen LogP contribution in [0.1, 0.15) is 17.3 Å². The number of halogens is 1. The highest BCUT2D eigenvalue weighted by Crippen LogP contribution is 2.17. The van der Waals surface area contributed by atoms with Gasteiger partial charge in [0.2, 0.25) is 5.91 Å². The molecule has 7 heteroatoms. The SMILES string of the molecule is CCOc1ccccc1C(=O)NCC(=O)N1CCNCC1.Cl. The van der Waals surface area contributed by atoms with E-state index in [0.717, 1.165) is 13.1 Å². The first kappa shape index (κ1) is 18.3. The Labute approximate surface area is 136 Å². The quantitative estimate of drug-likeness (QED) is 0.834. The molecule has 2 N–H and O–H groups in total. The van der Waals surface area contributed by atoms with E-state index in [1.165, 1.54) is 0 Å². The van der Waals surface area contributed by atoms with Crippen LogP contribution >= 0.6 is 12.4 Å². The summed E-state index contributed by atoms with van der Waals surface area (Å²) in [5.41, 5.74) is 0.451. The van der Waals surface area contributed by atoms with Crippen LogP contribution in [0.25, 0.3) is 0 Å². The Balaban J connectivity index is 0.00000242. The number of nitrogens with zero attached hydrogens (tertiary/aromatic N) is 1. The van der Waals surface area contributed by atoms with Crippen molar-refractivity contribution >= 4 is 24.2 Å². The fourth-order valence-corrected chi connectivity index (χ4v) is 2.21. The minimum absolute atomic E-state index is 0. The van der Waals surface area contributed by atoms with Crippen molar-refractivity contribution in [2.24, 2.45) is 0 Å². The van der Waals surface area contributed by atoms with E-state index in [1.54, 1.807) is 23.1 Å². The molecule has 0 spiro atoms. The van der Waals surface area contributed by atoms with E-state index in [4.69, 9.17) is 4.74 Å². The van der Waals surface area contributed by atoms with Gasteiger partial charge < -0.3 is 20.3 Å². The van der Waals surface area contributed by atoms with E-state index in [9.17, 15) is 9.59 Å². The molecular weight excluding hydrogens is 306 g/mol. The first-order valence-electron chi connectivity index (χ1n) is 7.21. The topological polar surface area (TPSA) is 70.7 Å². The first-order valence-corrected chi connectivity index (χ1v) is 7.21. The summed E-state index contributed by atoms with van der Waals surface area (Å²) in [4.78, 5) is 25.9. The molecule has 122 valence electrons. The number of amides is 2. The molecule has 1 saturated heterocycles. The number of hydrogen-bond acceptors (Lipinski definition) is 4. The highest BCUT2D eigenvalue weighted by Gasteiger charge is 2.18. The Hall–Kier alpha value is -1.79. The van der Waals surface area contributed by atoms with Crippen molar-refractivity contribution in [3.63, 3.8) is 0 Å². The molecule has 2 rings (SSSR count). The summed E-state index contributed by atoms with van der Waals surface area (Å²) in [6, 6.07) is 7.02. The monoisotopic (exact) mass is 327 g/mol. The van der Waals surface area contributed by atoms with Gasteiger partial charge in [-0.1, -0.05) is 12.1 Å². The maximum absolute atomic E-state index is 12.2. The lowest BCUT2D eigenvalue weighted by Crippen LogP contribution is -2.49. The Bertz CT molecular complexity index is 505. The average Bonchev–Trinajstić information content (AvgIpc) is 2.54. The fraction of sp³-hybridized carbons (Fsp3) is 0.467. The summed E-state index contributed by atoms with van der Waals surface area (Å²) in [7, 11) is 0. The molecule has 0 aliphatic carbocycles. The van der Waals surface area contributed by atoms with Gasteiger partial charge in [-0.05, 0) is 19.1 Å². The number of carbonyl (C=O) groups is 2. The van der Waals surface area contributed by atoms with Gasteiger partial charge in [0.25, 0.3) is 5.91 Å². The lowest BCUT2D eigenvalue weighted by molar-refractivity contribution is -0.130. The smallest absolute Gasteiger partial charge is 0.255 e. The minimum atomic E-state index is -0.289. The number of carbonyl (C=O) groups excluding carboxylic acids is 2. The third-order valence-corrected chi connectivity index (χ3v) is 3.30. The predicted molar refractivity (Wildman–Crippen MR) is 86.6 cm³/mol. The number of nitrogens with one attached hydrogen (secondary N) is 2. The van der Waals surface area contributed by atoms with Crippen molar-refractivity contribution in [1.82, 2.24) is 15.5 Å². The normalized spacial score (nSPS) is 14.0. The molecule has 0 aromatic heterocycles. The van der Waals surface area contributed by atoms with Crippen LogP contribution in [0, 0.1) is 0 Å². The summed E-state index contributed by atoms with van der Waals surface area (Å²) in [5, 5.41) is 5.85. The third-order valence-electron chi connectivity index (χ3n) is 3.30. The van der Waals surface area contributed by atoms with Crippen LogP contribution in [0.4, 0.5) is 0 Å². The van der Waals surface area contributed by atoms with Crippen molar-refractivity contribution in [2.45, 2.75) is 6.92 Å². The van der Waals surface area contributed by atoms with Gasteiger partial charge in [-0.15, -0.1) is 12.4 Å². The molecule has 0 atom stereocenters. The fourth-order valence-electron chi connectivity index (χ4n) is 2.21. The zero-order chi connectivity index (χ0) is 15.1. The Morgan fingerprint density at radius 1 is 1.27 bits per heavy atom. The average molecular weight is 328 g/mol. The summed E-state index contributed by atoms with van der Waals surface area (Å²) in [5.74, 6) is 0.188. The van der Waals surface area contributed by atoms with E-state index < -0.39 is 0 Å². The van der Waals surface area contributed by atoms with Gasteiger partial charge in [0.1, 0.15) is 5.75 Å². The Morgan fingerprint density at radius 3 is 2.64 bits per heavy atom. The Morgan fingerprint density at radius 2 is 1.95 bits per heavy atom. The molecule has 0 saturated carbocycles. The zero-order valence-electron chi connectivity index (χ0n) is 12.6. The molecule has 0 unspecified atom stereocenters. The molecule has 1 aliphatic heterocycles. The number of hydrogen-bond donors (Lipinski definition) is 2. The maximum Gasteiger partial charge on any atom is 0.255 e. The van der Waals surface area contributed by atoms with Gasteiger partial charge in [-0.25, -0.2) is 0 Å². The van der Waals surface area contributed by atoms with Gasteiger partial charge >= 0.3 is 0 Å². The van der Waals surface area contributed by atoms with Crippen molar-refractivity contribution < 1.29 is 14.3 Å². The van der Waals surface area contributed by atoms with E-state index in [2.05, 4.69) is 10.6 Å². The largest absolute Gasteiger partial charge is 0.493 e. The molecule has 2 amide bonds. The van der Waals surface area contributed by atoms with E-state index in [1.807, 2.05) is 13.0 Å². The van der Waals surface area contributed by atoms with Crippen LogP contribution in [0.2, 0.25) is 0 Å². The van der Waals surface area contributed by atoms with Crippen molar-refractivity contribution in [2.75, 3.05) is 39.3 Å². The minimum Gasteiger partial charge on any atom is -0.493 e. The second kappa shape index (κ2) is 9.27. The van der Waals surface area contributed by atoms with Gasteiger partial charge in [-0.3, -0.25) is 9.59 Å². The molecule has 0 radical (unpaired) electrons. The van der Waals surface area contributed by atoms with E-state index in [0.29, 0.717) is 31.0 Å². The van der Waals surface area contributed by atoms with Gasteiger partial charge in [0.05, 0.1) is 18.7 Å². The summed E-state index contributed by atoms with van der Waals surface area (Å²) in [6.07, 6.45) is 0. The van der Waals surface area contributed by atoms with Gasteiger partial charge in [-0.2, -0.15) is 0 Å². The van der Waals surface area contributed by atoms with E-state index in [-0.39, 0.29) is 30.8 Å². The lowest BCUT2D eigenvalue weighted by Gasteiger charge is -2.27. The molecule has 1 fully saturated rings. The molecule has 1 aromatic carbocycles. The number of piperazine rings is 1. The van der Waals surface area contributed by atoms with Crippen LogP contribution in [0.5, 0.6) is 5.75 Å². The number of para-hydroxylation sites is 1. The second-order valence-corrected chi connectivity index (χ2v) is 4.74. The van der Waals surface area contributed by atoms with E-state index >= 15 is 0 Å². The molecule has 22 heavy (non-hydrogen) atoms. The van der Waals surface area contributed by atoms with Crippen LogP contribution in [0.3, 0.4) is 0 Å². The molecule has 1 aromatic rings. The van der Waals surface area contributed by atoms with Crippen LogP contribution in [-0.4, -0.2) is 56.0 Å². The molecule has 1 heterocycles. The number of rotatable bonds is 5. The van der Waals surface area contributed by atoms with Crippen molar-refractivity contribution in [3.8, 4) is 5.75 Å². The van der Waals surface area contributed by atoms with Crippen molar-refractivity contribution in [1.29, 1.82) is 0 Å². The lowest BCUT2D eigenvalue weighted by atomic mass is 10.2. The second-order valence-electron chi connectivity index (χ2n) is 4.74. The third kappa shape index (κ3) is 4.89. The molecular formula is C15H22ClN3O3. The van der Waals surface area contributed by atoms with Gasteiger partial charge in [0, 0.05) is 26.2 Å².